The van der Waals surface area contributed by atoms with E-state index in [9.17, 15) is 0 Å². The average Bonchev–Trinajstić information content (AvgIpc) is 2.73. The quantitative estimate of drug-likeness (QED) is 0.438. The van der Waals surface area contributed by atoms with Gasteiger partial charge in [0.2, 0.25) is 5.75 Å². The van der Waals surface area contributed by atoms with Gasteiger partial charge in [-0.25, -0.2) is 0 Å². The highest BCUT2D eigenvalue weighted by molar-refractivity contribution is 7.98. The number of ether oxygens (including phenoxy) is 3. The molecule has 0 aliphatic carbocycles. The summed E-state index contributed by atoms with van der Waals surface area (Å²) in [5.74, 6) is 2.39. The third kappa shape index (κ3) is 4.63. The van der Waals surface area contributed by atoms with Gasteiger partial charge in [-0.2, -0.15) is 0 Å². The molecule has 146 valence electrons. The topological polar surface area (TPSA) is 53.5 Å². The third-order valence-electron chi connectivity index (χ3n) is 3.97. The molecular weight excluding hydrogens is 419 g/mol. The summed E-state index contributed by atoms with van der Waals surface area (Å²) in [6, 6.07) is 13.1. The Hall–Kier alpha value is -2.15. The number of benzene rings is 2. The lowest BCUT2D eigenvalue weighted by molar-refractivity contribution is 0.324. The van der Waals surface area contributed by atoms with Crippen molar-refractivity contribution in [1.29, 1.82) is 0 Å². The number of halogens is 2. The number of hydrogen-bond donors (Lipinski definition) is 0. The van der Waals surface area contributed by atoms with Crippen LogP contribution in [0.2, 0.25) is 10.0 Å². The van der Waals surface area contributed by atoms with Gasteiger partial charge in [-0.1, -0.05) is 41.0 Å². The normalized spacial score (nSPS) is 10.6. The van der Waals surface area contributed by atoms with Gasteiger partial charge in [-0.15, -0.1) is 10.2 Å². The first-order chi connectivity index (χ1) is 13.5. The molecule has 1 heterocycles. The molecule has 0 N–H and O–H groups in total. The molecule has 0 spiro atoms. The number of nitrogens with zero attached hydrogens (tertiary/aromatic N) is 2. The second kappa shape index (κ2) is 9.37. The van der Waals surface area contributed by atoms with Crippen molar-refractivity contribution in [3.05, 3.63) is 58.1 Å². The van der Waals surface area contributed by atoms with Crippen molar-refractivity contribution in [2.75, 3.05) is 21.3 Å². The molecule has 5 nitrogen and oxygen atoms in total. The first kappa shape index (κ1) is 20.6. The van der Waals surface area contributed by atoms with Crippen LogP contribution in [0.5, 0.6) is 17.2 Å². The van der Waals surface area contributed by atoms with Gasteiger partial charge in [0.05, 0.1) is 37.1 Å². The van der Waals surface area contributed by atoms with Crippen molar-refractivity contribution in [2.45, 2.75) is 10.8 Å². The van der Waals surface area contributed by atoms with Gasteiger partial charge in [0.1, 0.15) is 5.03 Å². The van der Waals surface area contributed by atoms with Crippen LogP contribution in [-0.2, 0) is 5.75 Å². The molecule has 0 radical (unpaired) electrons. The summed E-state index contributed by atoms with van der Waals surface area (Å²) in [7, 11) is 4.73. The highest BCUT2D eigenvalue weighted by Gasteiger charge is 2.15. The van der Waals surface area contributed by atoms with Crippen LogP contribution in [0.1, 0.15) is 5.56 Å². The van der Waals surface area contributed by atoms with Gasteiger partial charge >= 0.3 is 0 Å². The number of rotatable bonds is 7. The molecule has 8 heteroatoms. The Labute approximate surface area is 177 Å². The molecule has 0 saturated carbocycles. The molecule has 0 amide bonds. The van der Waals surface area contributed by atoms with E-state index in [0.29, 0.717) is 33.0 Å². The van der Waals surface area contributed by atoms with Crippen molar-refractivity contribution >= 4 is 35.0 Å². The molecule has 0 aliphatic rings. The fourth-order valence-electron chi connectivity index (χ4n) is 2.57. The van der Waals surface area contributed by atoms with Gasteiger partial charge in [-0.05, 0) is 42.0 Å². The van der Waals surface area contributed by atoms with E-state index in [1.165, 1.54) is 0 Å². The zero-order chi connectivity index (χ0) is 20.1. The minimum atomic E-state index is 0.538. The van der Waals surface area contributed by atoms with Gasteiger partial charge < -0.3 is 14.2 Å². The van der Waals surface area contributed by atoms with Crippen LogP contribution in [0.15, 0.2) is 47.5 Å². The number of methoxy groups -OCH3 is 3. The maximum atomic E-state index is 6.06. The van der Waals surface area contributed by atoms with Crippen molar-refractivity contribution in [2.24, 2.45) is 0 Å². The average molecular weight is 437 g/mol. The smallest absolute Gasteiger partial charge is 0.203 e. The minimum Gasteiger partial charge on any atom is -0.493 e. The molecule has 1 aromatic heterocycles. The predicted molar refractivity (Wildman–Crippen MR) is 113 cm³/mol. The van der Waals surface area contributed by atoms with Gasteiger partial charge in [0, 0.05) is 11.3 Å². The zero-order valence-electron chi connectivity index (χ0n) is 15.5. The van der Waals surface area contributed by atoms with Crippen LogP contribution in [0, 0.1) is 0 Å². The van der Waals surface area contributed by atoms with E-state index in [1.54, 1.807) is 39.2 Å². The summed E-state index contributed by atoms with van der Waals surface area (Å²) >= 11 is 13.6. The van der Waals surface area contributed by atoms with Crippen LogP contribution in [0.4, 0.5) is 0 Å². The summed E-state index contributed by atoms with van der Waals surface area (Å²) in [4.78, 5) is 0. The Balaban J connectivity index is 1.77. The van der Waals surface area contributed by atoms with Crippen LogP contribution >= 0.6 is 35.0 Å². The molecule has 0 aliphatic heterocycles. The highest BCUT2D eigenvalue weighted by Crippen LogP contribution is 2.40. The molecule has 28 heavy (non-hydrogen) atoms. The second-order valence-electron chi connectivity index (χ2n) is 5.71. The lowest BCUT2D eigenvalue weighted by atomic mass is 10.1. The lowest BCUT2D eigenvalue weighted by Gasteiger charge is -2.13. The Kier molecular flexibility index (Phi) is 6.88. The Morgan fingerprint density at radius 1 is 0.821 bits per heavy atom. The number of aromatic nitrogens is 2. The van der Waals surface area contributed by atoms with Crippen LogP contribution in [0.25, 0.3) is 11.3 Å². The van der Waals surface area contributed by atoms with Crippen molar-refractivity contribution in [1.82, 2.24) is 10.2 Å². The van der Waals surface area contributed by atoms with E-state index >= 15 is 0 Å². The van der Waals surface area contributed by atoms with Crippen LogP contribution in [-0.4, -0.2) is 31.5 Å². The van der Waals surface area contributed by atoms with Gasteiger partial charge in [-0.3, -0.25) is 0 Å². The molecule has 0 unspecified atom stereocenters. The third-order valence-corrected chi connectivity index (χ3v) is 5.70. The van der Waals surface area contributed by atoms with E-state index in [2.05, 4.69) is 10.2 Å². The summed E-state index contributed by atoms with van der Waals surface area (Å²) < 4.78 is 16.1. The molecule has 0 atom stereocenters. The first-order valence-corrected chi connectivity index (χ1v) is 10.0. The minimum absolute atomic E-state index is 0.538. The summed E-state index contributed by atoms with van der Waals surface area (Å²) in [6.45, 7) is 0. The maximum absolute atomic E-state index is 6.06. The van der Waals surface area contributed by atoms with Crippen molar-refractivity contribution in [3.63, 3.8) is 0 Å². The zero-order valence-corrected chi connectivity index (χ0v) is 17.9. The van der Waals surface area contributed by atoms with Gasteiger partial charge in [0.15, 0.2) is 11.5 Å². The second-order valence-corrected chi connectivity index (χ2v) is 7.52. The standard InChI is InChI=1S/C20H18Cl2N2O3S/c1-25-17-9-13(10-18(26-2)20(17)27-3)16-6-7-19(24-23-16)28-11-12-4-5-14(21)15(22)8-12/h4-10H,11H2,1-3H3. The largest absolute Gasteiger partial charge is 0.493 e. The molecule has 3 rings (SSSR count). The van der Waals surface area contributed by atoms with Crippen LogP contribution in [0.3, 0.4) is 0 Å². The van der Waals surface area contributed by atoms with Crippen molar-refractivity contribution in [3.8, 4) is 28.5 Å². The molecule has 3 aromatic rings. The van der Waals surface area contributed by atoms with E-state index < -0.39 is 0 Å². The molecule has 0 bridgehead atoms. The SMILES string of the molecule is COc1cc(-c2ccc(SCc3ccc(Cl)c(Cl)c3)nn2)cc(OC)c1OC. The summed E-state index contributed by atoms with van der Waals surface area (Å²) in [6.07, 6.45) is 0. The Bertz CT molecular complexity index is 943. The molecule has 2 aromatic carbocycles. The fraction of sp³-hybridized carbons (Fsp3) is 0.200. The molecule has 0 saturated heterocycles. The fourth-order valence-corrected chi connectivity index (χ4v) is 3.64. The summed E-state index contributed by atoms with van der Waals surface area (Å²) in [5, 5.41) is 10.5. The maximum Gasteiger partial charge on any atom is 0.203 e. The number of thioether (sulfide) groups is 1. The Morgan fingerprint density at radius 2 is 1.54 bits per heavy atom. The molecule has 0 fully saturated rings. The first-order valence-electron chi connectivity index (χ1n) is 8.26. The summed E-state index contributed by atoms with van der Waals surface area (Å²) in [5.41, 5.74) is 2.59. The predicted octanol–water partition coefficient (Wildman–Crippen LogP) is 5.77. The van der Waals surface area contributed by atoms with Crippen molar-refractivity contribution < 1.29 is 14.2 Å². The number of hydrogen-bond acceptors (Lipinski definition) is 6. The van der Waals surface area contributed by atoms with E-state index in [1.807, 2.05) is 36.4 Å². The van der Waals surface area contributed by atoms with Gasteiger partial charge in [0.25, 0.3) is 0 Å². The lowest BCUT2D eigenvalue weighted by Crippen LogP contribution is -1.97. The van der Waals surface area contributed by atoms with Crippen LogP contribution < -0.4 is 14.2 Å². The van der Waals surface area contributed by atoms with E-state index in [-0.39, 0.29) is 0 Å². The van der Waals surface area contributed by atoms with E-state index in [4.69, 9.17) is 37.4 Å². The highest BCUT2D eigenvalue weighted by atomic mass is 35.5. The monoisotopic (exact) mass is 436 g/mol. The Morgan fingerprint density at radius 3 is 2.07 bits per heavy atom. The molecular formula is C20H18Cl2N2O3S. The van der Waals surface area contributed by atoms with E-state index in [0.717, 1.165) is 21.9 Å².